The molecule has 0 saturated heterocycles. The van der Waals surface area contributed by atoms with Gasteiger partial charge in [-0.2, -0.15) is 5.10 Å². The Hall–Kier alpha value is -2.49. The van der Waals surface area contributed by atoms with E-state index >= 15 is 0 Å². The first kappa shape index (κ1) is 17.3. The maximum absolute atomic E-state index is 13.1. The molecule has 0 aliphatic heterocycles. The maximum atomic E-state index is 13.1. The van der Waals surface area contributed by atoms with Crippen molar-refractivity contribution in [3.8, 4) is 0 Å². The minimum atomic E-state index is -0.323. The zero-order chi connectivity index (χ0) is 18.0. The van der Waals surface area contributed by atoms with E-state index in [9.17, 15) is 9.18 Å². The van der Waals surface area contributed by atoms with Crippen molar-refractivity contribution in [3.63, 3.8) is 0 Å². The Morgan fingerprint density at radius 3 is 2.56 bits per heavy atom. The molecule has 1 saturated carbocycles. The number of halogens is 1. The number of nitrogens with one attached hydrogen (secondary N) is 1. The van der Waals surface area contributed by atoms with Gasteiger partial charge in [-0.25, -0.2) is 9.82 Å². The molecule has 0 unspecified atom stereocenters. The summed E-state index contributed by atoms with van der Waals surface area (Å²) in [5.74, 6) is -0.183. The molecule has 1 aliphatic rings. The van der Waals surface area contributed by atoms with Gasteiger partial charge >= 0.3 is 0 Å². The Bertz CT molecular complexity index is 790. The van der Waals surface area contributed by atoms with Crippen LogP contribution in [0.15, 0.2) is 53.6 Å². The molecule has 2 aromatic rings. The van der Waals surface area contributed by atoms with Crippen LogP contribution in [0.5, 0.6) is 0 Å². The molecule has 1 amide bonds. The van der Waals surface area contributed by atoms with E-state index in [-0.39, 0.29) is 29.0 Å². The predicted octanol–water partition coefficient (Wildman–Crippen LogP) is 4.38. The van der Waals surface area contributed by atoms with E-state index in [1.165, 1.54) is 29.5 Å². The first-order valence-electron chi connectivity index (χ1n) is 8.53. The largest absolute Gasteiger partial charge is 0.273 e. The van der Waals surface area contributed by atoms with Crippen molar-refractivity contribution >= 4 is 12.1 Å². The monoisotopic (exact) mass is 338 g/mol. The number of nitrogens with zero attached hydrogens (tertiary/aromatic N) is 1. The van der Waals surface area contributed by atoms with Crippen LogP contribution in [0, 0.1) is 11.7 Å². The third-order valence-electron chi connectivity index (χ3n) is 4.57. The zero-order valence-electron chi connectivity index (χ0n) is 14.8. The zero-order valence-corrected chi connectivity index (χ0v) is 14.8. The van der Waals surface area contributed by atoms with Gasteiger partial charge in [0.1, 0.15) is 5.82 Å². The molecule has 25 heavy (non-hydrogen) atoms. The van der Waals surface area contributed by atoms with E-state index in [2.05, 4.69) is 55.6 Å². The van der Waals surface area contributed by atoms with Gasteiger partial charge < -0.3 is 0 Å². The fraction of sp³-hybridized carbons (Fsp3) is 0.333. The van der Waals surface area contributed by atoms with Crippen molar-refractivity contribution < 1.29 is 9.18 Å². The van der Waals surface area contributed by atoms with Gasteiger partial charge in [-0.3, -0.25) is 4.79 Å². The lowest BCUT2D eigenvalue weighted by Gasteiger charge is -2.19. The Morgan fingerprint density at radius 1 is 1.20 bits per heavy atom. The molecular weight excluding hydrogens is 315 g/mol. The van der Waals surface area contributed by atoms with Crippen molar-refractivity contribution in [1.82, 2.24) is 5.43 Å². The van der Waals surface area contributed by atoms with Crippen LogP contribution in [0.3, 0.4) is 0 Å². The molecule has 130 valence electrons. The summed E-state index contributed by atoms with van der Waals surface area (Å²) >= 11 is 0. The van der Waals surface area contributed by atoms with Gasteiger partial charge in [0, 0.05) is 5.92 Å². The van der Waals surface area contributed by atoms with E-state index in [0.717, 1.165) is 6.42 Å². The smallest absolute Gasteiger partial charge is 0.243 e. The predicted molar refractivity (Wildman–Crippen MR) is 98.1 cm³/mol. The normalized spacial score (nSPS) is 19.8. The molecule has 1 N–H and O–H groups in total. The molecular formula is C21H23FN2O. The van der Waals surface area contributed by atoms with Crippen LogP contribution in [0.2, 0.25) is 0 Å². The molecule has 0 spiro atoms. The van der Waals surface area contributed by atoms with Gasteiger partial charge in [-0.05, 0) is 46.6 Å². The van der Waals surface area contributed by atoms with Crippen LogP contribution in [0.1, 0.15) is 49.8 Å². The lowest BCUT2D eigenvalue weighted by atomic mass is 9.86. The Labute approximate surface area is 148 Å². The third-order valence-corrected chi connectivity index (χ3v) is 4.57. The number of carbonyl (C=O) groups is 1. The van der Waals surface area contributed by atoms with Crippen LogP contribution < -0.4 is 5.43 Å². The van der Waals surface area contributed by atoms with Crippen LogP contribution in [0.4, 0.5) is 4.39 Å². The van der Waals surface area contributed by atoms with Gasteiger partial charge in [0.25, 0.3) is 0 Å². The van der Waals surface area contributed by atoms with Gasteiger partial charge in [0.2, 0.25) is 5.91 Å². The van der Waals surface area contributed by atoms with E-state index in [1.54, 1.807) is 12.1 Å². The minimum Gasteiger partial charge on any atom is -0.273 e. The second kappa shape index (κ2) is 6.79. The van der Waals surface area contributed by atoms with Gasteiger partial charge in [-0.15, -0.1) is 0 Å². The van der Waals surface area contributed by atoms with E-state index in [1.807, 2.05) is 0 Å². The highest BCUT2D eigenvalue weighted by Gasteiger charge is 2.43. The number of benzene rings is 2. The second-order valence-electron chi connectivity index (χ2n) is 7.61. The Morgan fingerprint density at radius 2 is 1.92 bits per heavy atom. The summed E-state index contributed by atoms with van der Waals surface area (Å²) in [5.41, 5.74) is 5.79. The fourth-order valence-corrected chi connectivity index (χ4v) is 2.92. The van der Waals surface area contributed by atoms with Crippen LogP contribution >= 0.6 is 0 Å². The van der Waals surface area contributed by atoms with Crippen molar-refractivity contribution in [2.75, 3.05) is 0 Å². The van der Waals surface area contributed by atoms with Gasteiger partial charge in [0.05, 0.1) is 6.21 Å². The highest BCUT2D eigenvalue weighted by molar-refractivity contribution is 5.85. The molecule has 2 atom stereocenters. The quantitative estimate of drug-likeness (QED) is 0.652. The SMILES string of the molecule is CC(C)(C)c1ccc([C@@H]2C[C@H]2C(=O)NN=Cc2cccc(F)c2)cc1. The van der Waals surface area contributed by atoms with Crippen LogP contribution in [0.25, 0.3) is 0 Å². The van der Waals surface area contributed by atoms with Crippen LogP contribution in [-0.4, -0.2) is 12.1 Å². The van der Waals surface area contributed by atoms with E-state index in [0.29, 0.717) is 5.56 Å². The molecule has 3 nitrogen and oxygen atoms in total. The lowest BCUT2D eigenvalue weighted by Crippen LogP contribution is -2.20. The average Bonchev–Trinajstić information content (AvgIpc) is 3.35. The minimum absolute atomic E-state index is 0.0369. The number of carbonyl (C=O) groups excluding carboxylic acids is 1. The average molecular weight is 338 g/mol. The number of hydrogen-bond donors (Lipinski definition) is 1. The molecule has 4 heteroatoms. The van der Waals surface area contributed by atoms with Crippen molar-refractivity contribution in [3.05, 3.63) is 71.0 Å². The van der Waals surface area contributed by atoms with E-state index < -0.39 is 0 Å². The fourth-order valence-electron chi connectivity index (χ4n) is 2.92. The van der Waals surface area contributed by atoms with Crippen molar-refractivity contribution in [2.45, 2.75) is 38.5 Å². The third kappa shape index (κ3) is 4.32. The number of rotatable bonds is 4. The summed E-state index contributed by atoms with van der Waals surface area (Å²) in [4.78, 5) is 12.2. The van der Waals surface area contributed by atoms with Gasteiger partial charge in [-0.1, -0.05) is 57.2 Å². The van der Waals surface area contributed by atoms with E-state index in [4.69, 9.17) is 0 Å². The number of amides is 1. The second-order valence-corrected chi connectivity index (χ2v) is 7.61. The Kier molecular flexibility index (Phi) is 4.71. The highest BCUT2D eigenvalue weighted by atomic mass is 19.1. The van der Waals surface area contributed by atoms with Crippen molar-refractivity contribution in [2.24, 2.45) is 11.0 Å². The molecule has 0 aromatic heterocycles. The molecule has 0 radical (unpaired) electrons. The number of hydrazone groups is 1. The molecule has 2 aromatic carbocycles. The molecule has 3 rings (SSSR count). The Balaban J connectivity index is 1.55. The lowest BCUT2D eigenvalue weighted by molar-refractivity contribution is -0.122. The molecule has 0 heterocycles. The summed E-state index contributed by atoms with van der Waals surface area (Å²) in [5, 5.41) is 3.93. The summed E-state index contributed by atoms with van der Waals surface area (Å²) < 4.78 is 13.1. The topological polar surface area (TPSA) is 41.5 Å². The summed E-state index contributed by atoms with van der Waals surface area (Å²) in [6.45, 7) is 6.56. The summed E-state index contributed by atoms with van der Waals surface area (Å²) in [6, 6.07) is 14.6. The molecule has 0 bridgehead atoms. The van der Waals surface area contributed by atoms with Crippen LogP contribution in [-0.2, 0) is 10.2 Å². The first-order valence-corrected chi connectivity index (χ1v) is 8.53. The first-order chi connectivity index (χ1) is 11.8. The summed E-state index contributed by atoms with van der Waals surface area (Å²) in [6.07, 6.45) is 2.30. The summed E-state index contributed by atoms with van der Waals surface area (Å²) in [7, 11) is 0. The highest BCUT2D eigenvalue weighted by Crippen LogP contribution is 2.47. The van der Waals surface area contributed by atoms with Crippen molar-refractivity contribution in [1.29, 1.82) is 0 Å². The maximum Gasteiger partial charge on any atom is 0.243 e. The molecule has 1 fully saturated rings. The number of hydrogen-bond acceptors (Lipinski definition) is 2. The van der Waals surface area contributed by atoms with Gasteiger partial charge in [0.15, 0.2) is 0 Å². The standard InChI is InChI=1S/C21H23FN2O/c1-21(2,3)16-9-7-15(8-10-16)18-12-19(18)20(25)24-23-13-14-5-4-6-17(22)11-14/h4-11,13,18-19H,12H2,1-3H3,(H,24,25)/t18-,19+/m0/s1. The molecule has 1 aliphatic carbocycles.